The van der Waals surface area contributed by atoms with Gasteiger partial charge in [0.25, 0.3) is 0 Å². The number of hydrogen-bond acceptors (Lipinski definition) is 3. The summed E-state index contributed by atoms with van der Waals surface area (Å²) in [5.41, 5.74) is 1.35. The molecule has 116 valence electrons. The van der Waals surface area contributed by atoms with Crippen molar-refractivity contribution >= 4 is 0 Å². The molecule has 0 aromatic heterocycles. The van der Waals surface area contributed by atoms with Gasteiger partial charge in [0.05, 0.1) is 18.8 Å². The molecule has 2 fully saturated rings. The monoisotopic (exact) mass is 289 g/mol. The Morgan fingerprint density at radius 1 is 1.10 bits per heavy atom. The van der Waals surface area contributed by atoms with E-state index in [-0.39, 0.29) is 6.10 Å². The number of nitrogens with zero attached hydrogens (tertiary/aromatic N) is 1. The van der Waals surface area contributed by atoms with Gasteiger partial charge in [-0.05, 0) is 31.2 Å². The number of rotatable bonds is 5. The molecule has 1 heterocycles. The third-order valence-electron chi connectivity index (χ3n) is 4.90. The first kappa shape index (κ1) is 15.0. The lowest BCUT2D eigenvalue weighted by Gasteiger charge is -2.37. The van der Waals surface area contributed by atoms with Gasteiger partial charge in [0, 0.05) is 19.1 Å². The lowest BCUT2D eigenvalue weighted by molar-refractivity contribution is -0.0316. The third kappa shape index (κ3) is 4.06. The molecule has 1 aliphatic carbocycles. The van der Waals surface area contributed by atoms with Crippen LogP contribution in [-0.2, 0) is 11.2 Å². The summed E-state index contributed by atoms with van der Waals surface area (Å²) in [7, 11) is 0. The van der Waals surface area contributed by atoms with E-state index < -0.39 is 0 Å². The summed E-state index contributed by atoms with van der Waals surface area (Å²) < 4.78 is 6.22. The number of aliphatic hydroxyl groups excluding tert-OH is 1. The summed E-state index contributed by atoms with van der Waals surface area (Å²) >= 11 is 0. The van der Waals surface area contributed by atoms with E-state index >= 15 is 0 Å². The maximum atomic E-state index is 9.76. The lowest BCUT2D eigenvalue weighted by Crippen LogP contribution is -2.46. The largest absolute Gasteiger partial charge is 0.392 e. The van der Waals surface area contributed by atoms with Crippen LogP contribution in [0.15, 0.2) is 30.3 Å². The van der Waals surface area contributed by atoms with Crippen LogP contribution in [0.2, 0.25) is 0 Å². The van der Waals surface area contributed by atoms with Gasteiger partial charge in [-0.2, -0.15) is 0 Å². The van der Waals surface area contributed by atoms with E-state index in [1.54, 1.807) is 0 Å². The van der Waals surface area contributed by atoms with Crippen LogP contribution in [0.1, 0.15) is 37.7 Å². The summed E-state index contributed by atoms with van der Waals surface area (Å²) in [6, 6.07) is 11.1. The smallest absolute Gasteiger partial charge is 0.0730 e. The molecule has 3 atom stereocenters. The van der Waals surface area contributed by atoms with E-state index in [1.807, 2.05) is 0 Å². The zero-order chi connectivity index (χ0) is 14.5. The van der Waals surface area contributed by atoms with E-state index in [2.05, 4.69) is 35.2 Å². The molecule has 21 heavy (non-hydrogen) atoms. The highest BCUT2D eigenvalue weighted by molar-refractivity contribution is 5.14. The molecule has 1 N–H and O–H groups in total. The fraction of sp³-hybridized carbons (Fsp3) is 0.667. The first-order valence-corrected chi connectivity index (χ1v) is 8.40. The van der Waals surface area contributed by atoms with Crippen LogP contribution < -0.4 is 0 Å². The number of hydrogen-bond donors (Lipinski definition) is 1. The van der Waals surface area contributed by atoms with E-state index in [9.17, 15) is 5.11 Å². The fourth-order valence-electron chi connectivity index (χ4n) is 3.73. The Balaban J connectivity index is 1.50. The van der Waals surface area contributed by atoms with E-state index in [1.165, 1.54) is 31.2 Å². The molecule has 3 heteroatoms. The molecule has 1 aromatic rings. The standard InChI is InChI=1S/C18H27NO2/c20-16-10-12-19(14-16)17-8-4-5-9-18(17)21-13-11-15-6-2-1-3-7-15/h1-3,6-7,16-18,20H,4-5,8-14H2/t16-,17+,18-/m1/s1. The molecule has 3 rings (SSSR count). The van der Waals surface area contributed by atoms with Crippen LogP contribution in [0.3, 0.4) is 0 Å². The number of benzene rings is 1. The van der Waals surface area contributed by atoms with Crippen molar-refractivity contribution in [2.24, 2.45) is 0 Å². The van der Waals surface area contributed by atoms with Gasteiger partial charge in [-0.3, -0.25) is 4.90 Å². The predicted molar refractivity (Wildman–Crippen MR) is 84.3 cm³/mol. The number of aliphatic hydroxyl groups is 1. The predicted octanol–water partition coefficient (Wildman–Crippen LogP) is 2.62. The zero-order valence-corrected chi connectivity index (χ0v) is 12.8. The van der Waals surface area contributed by atoms with Gasteiger partial charge >= 0.3 is 0 Å². The van der Waals surface area contributed by atoms with Crippen LogP contribution in [0.25, 0.3) is 0 Å². The van der Waals surface area contributed by atoms with Gasteiger partial charge in [0.1, 0.15) is 0 Å². The lowest BCUT2D eigenvalue weighted by atomic mass is 9.91. The normalized spacial score (nSPS) is 30.6. The number of β-amino-alcohol motifs (C(OH)–C–C–N with tert-alkyl or cyclic N) is 1. The quantitative estimate of drug-likeness (QED) is 0.904. The molecule has 0 amide bonds. The second kappa shape index (κ2) is 7.39. The highest BCUT2D eigenvalue weighted by Crippen LogP contribution is 2.28. The average molecular weight is 289 g/mol. The molecular formula is C18H27NO2. The first-order valence-electron chi connectivity index (χ1n) is 8.40. The fourth-order valence-corrected chi connectivity index (χ4v) is 3.73. The molecule has 0 radical (unpaired) electrons. The van der Waals surface area contributed by atoms with Crippen molar-refractivity contribution in [1.29, 1.82) is 0 Å². The van der Waals surface area contributed by atoms with E-state index in [0.717, 1.165) is 32.5 Å². The van der Waals surface area contributed by atoms with Gasteiger partial charge in [0.15, 0.2) is 0 Å². The summed E-state index contributed by atoms with van der Waals surface area (Å²) in [6.45, 7) is 2.68. The van der Waals surface area contributed by atoms with Gasteiger partial charge < -0.3 is 9.84 Å². The molecule has 0 bridgehead atoms. The molecule has 0 unspecified atom stereocenters. The van der Waals surface area contributed by atoms with Crippen LogP contribution in [0, 0.1) is 0 Å². The zero-order valence-electron chi connectivity index (χ0n) is 12.8. The maximum Gasteiger partial charge on any atom is 0.0730 e. The van der Waals surface area contributed by atoms with Gasteiger partial charge in [0.2, 0.25) is 0 Å². The van der Waals surface area contributed by atoms with Gasteiger partial charge in [-0.1, -0.05) is 43.2 Å². The summed E-state index contributed by atoms with van der Waals surface area (Å²) in [4.78, 5) is 2.46. The molecule has 1 saturated heterocycles. The number of likely N-dealkylation sites (tertiary alicyclic amines) is 1. The Hall–Kier alpha value is -0.900. The maximum absolute atomic E-state index is 9.76. The second-order valence-electron chi connectivity index (χ2n) is 6.43. The van der Waals surface area contributed by atoms with Crippen molar-refractivity contribution in [3.8, 4) is 0 Å². The van der Waals surface area contributed by atoms with Crippen molar-refractivity contribution < 1.29 is 9.84 Å². The highest BCUT2D eigenvalue weighted by atomic mass is 16.5. The Kier molecular flexibility index (Phi) is 5.28. The highest BCUT2D eigenvalue weighted by Gasteiger charge is 2.34. The molecular weight excluding hydrogens is 262 g/mol. The Morgan fingerprint density at radius 2 is 1.90 bits per heavy atom. The van der Waals surface area contributed by atoms with Crippen LogP contribution in [0.4, 0.5) is 0 Å². The first-order chi connectivity index (χ1) is 10.3. The Bertz CT molecular complexity index is 422. The topological polar surface area (TPSA) is 32.7 Å². The second-order valence-corrected chi connectivity index (χ2v) is 6.43. The molecule has 2 aliphatic rings. The van der Waals surface area contributed by atoms with Crippen molar-refractivity contribution in [3.63, 3.8) is 0 Å². The minimum absolute atomic E-state index is 0.128. The molecule has 1 aliphatic heterocycles. The third-order valence-corrected chi connectivity index (χ3v) is 4.90. The Labute approximate surface area is 127 Å². The summed E-state index contributed by atoms with van der Waals surface area (Å²) in [6.07, 6.45) is 7.12. The summed E-state index contributed by atoms with van der Waals surface area (Å²) in [5.74, 6) is 0. The van der Waals surface area contributed by atoms with Crippen molar-refractivity contribution in [2.75, 3.05) is 19.7 Å². The molecule has 0 spiro atoms. The molecule has 1 saturated carbocycles. The molecule has 3 nitrogen and oxygen atoms in total. The van der Waals surface area contributed by atoms with Crippen LogP contribution in [-0.4, -0.2) is 48.0 Å². The van der Waals surface area contributed by atoms with Crippen molar-refractivity contribution in [3.05, 3.63) is 35.9 Å². The number of ether oxygens (including phenoxy) is 1. The van der Waals surface area contributed by atoms with Crippen molar-refractivity contribution in [2.45, 2.75) is 56.8 Å². The van der Waals surface area contributed by atoms with Crippen LogP contribution >= 0.6 is 0 Å². The van der Waals surface area contributed by atoms with E-state index in [0.29, 0.717) is 12.1 Å². The SMILES string of the molecule is O[C@@H]1CCN([C@H]2CCCC[C@H]2OCCc2ccccc2)C1. The van der Waals surface area contributed by atoms with Crippen molar-refractivity contribution in [1.82, 2.24) is 4.90 Å². The van der Waals surface area contributed by atoms with Gasteiger partial charge in [-0.15, -0.1) is 0 Å². The minimum atomic E-state index is -0.128. The minimum Gasteiger partial charge on any atom is -0.392 e. The summed E-state index contributed by atoms with van der Waals surface area (Å²) in [5, 5.41) is 9.76. The average Bonchev–Trinajstić information content (AvgIpc) is 2.95. The molecule has 1 aromatic carbocycles. The van der Waals surface area contributed by atoms with Crippen LogP contribution in [0.5, 0.6) is 0 Å². The van der Waals surface area contributed by atoms with Gasteiger partial charge in [-0.25, -0.2) is 0 Å². The Morgan fingerprint density at radius 3 is 2.67 bits per heavy atom. The van der Waals surface area contributed by atoms with E-state index in [4.69, 9.17) is 4.74 Å².